The molecule has 3 aliphatic rings. The number of ether oxygens (including phenoxy) is 2. The lowest BCUT2D eigenvalue weighted by molar-refractivity contribution is -0.123. The Bertz CT molecular complexity index is 621. The van der Waals surface area contributed by atoms with E-state index in [4.69, 9.17) is 9.47 Å². The van der Waals surface area contributed by atoms with E-state index in [-0.39, 0.29) is 11.9 Å². The van der Waals surface area contributed by atoms with Gasteiger partial charge in [-0.1, -0.05) is 13.0 Å². The highest BCUT2D eigenvalue weighted by atomic mass is 16.6. The summed E-state index contributed by atoms with van der Waals surface area (Å²) in [5, 5.41) is 6.87. The predicted octanol–water partition coefficient (Wildman–Crippen LogP) is 2.95. The molecule has 136 valence electrons. The number of piperidine rings is 1. The van der Waals surface area contributed by atoms with Crippen LogP contribution in [0.3, 0.4) is 0 Å². The molecule has 2 fully saturated rings. The van der Waals surface area contributed by atoms with Gasteiger partial charge in [0.25, 0.3) is 0 Å². The second kappa shape index (κ2) is 7.24. The molecule has 2 bridgehead atoms. The Kier molecular flexibility index (Phi) is 4.84. The smallest absolute Gasteiger partial charge is 0.220 e. The first-order valence-electron chi connectivity index (χ1n) is 9.66. The number of rotatable bonds is 5. The molecule has 0 saturated carbocycles. The first-order chi connectivity index (χ1) is 12.2. The van der Waals surface area contributed by atoms with Crippen LogP contribution in [-0.4, -0.2) is 31.2 Å². The van der Waals surface area contributed by atoms with Crippen molar-refractivity contribution in [3.05, 3.63) is 23.8 Å². The summed E-state index contributed by atoms with van der Waals surface area (Å²) < 4.78 is 11.3. The lowest BCUT2D eigenvalue weighted by atomic mass is 9.89. The summed E-state index contributed by atoms with van der Waals surface area (Å²) >= 11 is 0. The topological polar surface area (TPSA) is 59.6 Å². The third kappa shape index (κ3) is 3.76. The Morgan fingerprint density at radius 2 is 1.92 bits per heavy atom. The number of benzene rings is 1. The third-order valence-corrected chi connectivity index (χ3v) is 5.76. The average molecular weight is 344 g/mol. The molecule has 0 aliphatic carbocycles. The molecule has 2 saturated heterocycles. The van der Waals surface area contributed by atoms with Crippen LogP contribution < -0.4 is 20.1 Å². The summed E-state index contributed by atoms with van der Waals surface area (Å²) in [6.07, 6.45) is 6.35. The largest absolute Gasteiger partial charge is 0.486 e. The fourth-order valence-corrected chi connectivity index (χ4v) is 4.56. The summed E-state index contributed by atoms with van der Waals surface area (Å²) in [6.45, 7) is 3.28. The van der Waals surface area contributed by atoms with Crippen molar-refractivity contribution < 1.29 is 14.3 Å². The highest BCUT2D eigenvalue weighted by Gasteiger charge is 2.34. The van der Waals surface area contributed by atoms with Crippen molar-refractivity contribution in [2.75, 3.05) is 13.2 Å². The van der Waals surface area contributed by atoms with E-state index < -0.39 is 0 Å². The van der Waals surface area contributed by atoms with Gasteiger partial charge in [-0.2, -0.15) is 0 Å². The van der Waals surface area contributed by atoms with Gasteiger partial charge in [-0.05, 0) is 55.7 Å². The summed E-state index contributed by atoms with van der Waals surface area (Å²) in [6, 6.07) is 7.29. The van der Waals surface area contributed by atoms with Crippen LogP contribution in [0, 0.1) is 5.92 Å². The number of carbonyl (C=O) groups is 1. The molecule has 1 aromatic rings. The molecule has 25 heavy (non-hydrogen) atoms. The number of amides is 1. The van der Waals surface area contributed by atoms with Crippen molar-refractivity contribution in [3.63, 3.8) is 0 Å². The van der Waals surface area contributed by atoms with Crippen LogP contribution in [0.1, 0.15) is 57.1 Å². The van der Waals surface area contributed by atoms with Gasteiger partial charge >= 0.3 is 0 Å². The van der Waals surface area contributed by atoms with Gasteiger partial charge in [-0.15, -0.1) is 0 Å². The van der Waals surface area contributed by atoms with Gasteiger partial charge in [0.15, 0.2) is 11.5 Å². The Hall–Kier alpha value is -1.75. The standard InChI is InChI=1S/C20H28N2O3/c1-2-17(14-3-6-18-19(12-14)25-8-7-24-18)22-20(23)11-13-9-15-4-5-16(10-13)21-15/h3,6,12-13,15-17,21H,2,4-5,7-11H2,1H3,(H,22,23). The van der Waals surface area contributed by atoms with Crippen LogP contribution >= 0.6 is 0 Å². The third-order valence-electron chi connectivity index (χ3n) is 5.76. The van der Waals surface area contributed by atoms with Gasteiger partial charge in [0, 0.05) is 18.5 Å². The van der Waals surface area contributed by atoms with Crippen molar-refractivity contribution in [1.82, 2.24) is 10.6 Å². The van der Waals surface area contributed by atoms with Gasteiger partial charge in [0.2, 0.25) is 5.91 Å². The quantitative estimate of drug-likeness (QED) is 0.862. The molecule has 4 rings (SSSR count). The van der Waals surface area contributed by atoms with E-state index in [1.54, 1.807) is 0 Å². The minimum atomic E-state index is 0.0294. The second-order valence-corrected chi connectivity index (χ2v) is 7.61. The summed E-state index contributed by atoms with van der Waals surface area (Å²) in [4.78, 5) is 12.6. The number of nitrogens with one attached hydrogen (secondary N) is 2. The van der Waals surface area contributed by atoms with Gasteiger partial charge in [-0.25, -0.2) is 0 Å². The Labute approximate surface area is 149 Å². The van der Waals surface area contributed by atoms with Crippen LogP contribution in [0.25, 0.3) is 0 Å². The molecule has 1 amide bonds. The highest BCUT2D eigenvalue weighted by Crippen LogP contribution is 2.34. The van der Waals surface area contributed by atoms with E-state index in [0.29, 0.717) is 37.6 Å². The average Bonchev–Trinajstić information content (AvgIpc) is 2.97. The normalized spacial score (nSPS) is 28.4. The maximum Gasteiger partial charge on any atom is 0.220 e. The first kappa shape index (κ1) is 16.7. The highest BCUT2D eigenvalue weighted by molar-refractivity contribution is 5.76. The van der Waals surface area contributed by atoms with Gasteiger partial charge in [0.1, 0.15) is 13.2 Å². The molecule has 3 heterocycles. The van der Waals surface area contributed by atoms with Crippen molar-refractivity contribution in [3.8, 4) is 11.5 Å². The molecule has 5 nitrogen and oxygen atoms in total. The van der Waals surface area contributed by atoms with E-state index in [0.717, 1.165) is 36.3 Å². The van der Waals surface area contributed by atoms with Crippen LogP contribution in [0.2, 0.25) is 0 Å². The van der Waals surface area contributed by atoms with Crippen molar-refractivity contribution in [1.29, 1.82) is 0 Å². The fourth-order valence-electron chi connectivity index (χ4n) is 4.56. The minimum Gasteiger partial charge on any atom is -0.486 e. The predicted molar refractivity (Wildman–Crippen MR) is 95.9 cm³/mol. The maximum atomic E-state index is 12.6. The molecule has 3 atom stereocenters. The fraction of sp³-hybridized carbons (Fsp3) is 0.650. The molecule has 5 heteroatoms. The maximum absolute atomic E-state index is 12.6. The van der Waals surface area contributed by atoms with E-state index in [1.165, 1.54) is 12.8 Å². The van der Waals surface area contributed by atoms with Gasteiger partial charge < -0.3 is 20.1 Å². The van der Waals surface area contributed by atoms with Crippen LogP contribution in [0.4, 0.5) is 0 Å². The van der Waals surface area contributed by atoms with Crippen molar-refractivity contribution >= 4 is 5.91 Å². The van der Waals surface area contributed by atoms with E-state index in [2.05, 4.69) is 17.6 Å². The number of hydrogen-bond acceptors (Lipinski definition) is 4. The van der Waals surface area contributed by atoms with Crippen molar-refractivity contribution in [2.24, 2.45) is 5.92 Å². The number of carbonyl (C=O) groups excluding carboxylic acids is 1. The molecule has 2 N–H and O–H groups in total. The number of hydrogen-bond donors (Lipinski definition) is 2. The summed E-state index contributed by atoms with van der Waals surface area (Å²) in [5.41, 5.74) is 1.09. The van der Waals surface area contributed by atoms with Crippen molar-refractivity contribution in [2.45, 2.75) is 63.6 Å². The molecule has 0 spiro atoms. The van der Waals surface area contributed by atoms with Gasteiger partial charge in [-0.3, -0.25) is 4.79 Å². The molecule has 1 aromatic carbocycles. The molecule has 0 radical (unpaired) electrons. The van der Waals surface area contributed by atoms with Crippen LogP contribution in [-0.2, 0) is 4.79 Å². The number of fused-ring (bicyclic) bond motifs is 3. The Morgan fingerprint density at radius 1 is 1.20 bits per heavy atom. The molecule has 0 aromatic heterocycles. The lowest BCUT2D eigenvalue weighted by Gasteiger charge is -2.29. The lowest BCUT2D eigenvalue weighted by Crippen LogP contribution is -2.40. The zero-order valence-corrected chi connectivity index (χ0v) is 14.9. The SMILES string of the molecule is CCC(NC(=O)CC1CC2CCC(C1)N2)c1ccc2c(c1)OCCO2. The zero-order valence-electron chi connectivity index (χ0n) is 14.9. The first-order valence-corrected chi connectivity index (χ1v) is 9.66. The van der Waals surface area contributed by atoms with E-state index >= 15 is 0 Å². The molecular weight excluding hydrogens is 316 g/mol. The minimum absolute atomic E-state index is 0.0294. The Morgan fingerprint density at radius 3 is 2.64 bits per heavy atom. The second-order valence-electron chi connectivity index (χ2n) is 7.61. The summed E-state index contributed by atoms with van der Waals surface area (Å²) in [7, 11) is 0. The van der Waals surface area contributed by atoms with E-state index in [1.807, 2.05) is 18.2 Å². The molecular formula is C20H28N2O3. The van der Waals surface area contributed by atoms with Crippen LogP contribution in [0.5, 0.6) is 11.5 Å². The van der Waals surface area contributed by atoms with Crippen LogP contribution in [0.15, 0.2) is 18.2 Å². The Balaban J connectivity index is 1.37. The summed E-state index contributed by atoms with van der Waals surface area (Å²) in [5.74, 6) is 2.28. The monoisotopic (exact) mass is 344 g/mol. The zero-order chi connectivity index (χ0) is 17.2. The van der Waals surface area contributed by atoms with E-state index in [9.17, 15) is 4.79 Å². The molecule has 3 unspecified atom stereocenters. The molecule has 3 aliphatic heterocycles. The van der Waals surface area contributed by atoms with Gasteiger partial charge in [0.05, 0.1) is 6.04 Å².